The van der Waals surface area contributed by atoms with Crippen LogP contribution in [-0.2, 0) is 32.6 Å². The summed E-state index contributed by atoms with van der Waals surface area (Å²) in [4.78, 5) is 30.2. The minimum absolute atomic E-state index is 0.0673. The molecule has 0 aromatic heterocycles. The molecule has 0 spiro atoms. The molecule has 0 aliphatic heterocycles. The third kappa shape index (κ3) is 9.05. The van der Waals surface area contributed by atoms with E-state index in [9.17, 15) is 18.0 Å². The lowest BCUT2D eigenvalue weighted by Gasteiger charge is -2.35. The van der Waals surface area contributed by atoms with Crippen LogP contribution in [0.4, 0.5) is 5.69 Å². The molecule has 9 heteroatoms. The maximum Gasteiger partial charge on any atom is 0.264 e. The second kappa shape index (κ2) is 14.4. The average molecular weight is 691 g/mol. The van der Waals surface area contributed by atoms with E-state index >= 15 is 0 Å². The number of anilines is 1. The molecule has 0 bridgehead atoms. The quantitative estimate of drug-likeness (QED) is 0.187. The summed E-state index contributed by atoms with van der Waals surface area (Å²) < 4.78 is 30.1. The minimum Gasteiger partial charge on any atom is -0.350 e. The third-order valence-corrected chi connectivity index (χ3v) is 9.64. The number of hydrogen-bond donors (Lipinski definition) is 1. The van der Waals surface area contributed by atoms with E-state index in [1.165, 1.54) is 4.90 Å². The zero-order chi connectivity index (χ0) is 32.8. The van der Waals surface area contributed by atoms with Crippen LogP contribution in [-0.4, -0.2) is 43.3 Å². The molecule has 0 saturated carbocycles. The molecule has 0 saturated heterocycles. The van der Waals surface area contributed by atoms with Crippen LogP contribution in [0.15, 0.2) is 112 Å². The SMILES string of the molecule is Cc1ccc(S(=O)(=O)N(CC(=O)N(Cc2ccccc2C)[C@H](Cc2ccccc2)C(=O)NC(C)(C)C)c2cccc(Br)c2)cc1. The van der Waals surface area contributed by atoms with Gasteiger partial charge in [0.25, 0.3) is 10.0 Å². The van der Waals surface area contributed by atoms with E-state index < -0.39 is 34.1 Å². The monoisotopic (exact) mass is 689 g/mol. The summed E-state index contributed by atoms with van der Waals surface area (Å²) in [6, 6.07) is 29.7. The molecule has 4 aromatic rings. The average Bonchev–Trinajstić information content (AvgIpc) is 2.98. The second-order valence-electron chi connectivity index (χ2n) is 12.2. The van der Waals surface area contributed by atoms with E-state index in [2.05, 4.69) is 21.2 Å². The smallest absolute Gasteiger partial charge is 0.264 e. The maximum atomic E-state index is 14.6. The summed E-state index contributed by atoms with van der Waals surface area (Å²) in [7, 11) is -4.17. The van der Waals surface area contributed by atoms with Gasteiger partial charge in [0.15, 0.2) is 0 Å². The second-order valence-corrected chi connectivity index (χ2v) is 15.0. The van der Waals surface area contributed by atoms with Crippen molar-refractivity contribution in [3.8, 4) is 0 Å². The highest BCUT2D eigenvalue weighted by molar-refractivity contribution is 9.10. The molecule has 0 unspecified atom stereocenters. The standard InChI is InChI=1S/C36H40BrN3O4S/c1-26-18-20-32(21-19-26)45(43,44)40(31-17-11-16-30(37)23-31)25-34(41)39(24-29-15-10-9-12-27(29)2)33(35(42)38-36(3,4)5)22-28-13-7-6-8-14-28/h6-21,23,33H,22,24-25H2,1-5H3,(H,38,42)/t33-/m1/s1. The van der Waals surface area contributed by atoms with Crippen molar-refractivity contribution in [2.75, 3.05) is 10.8 Å². The summed E-state index contributed by atoms with van der Waals surface area (Å²) in [5.74, 6) is -0.817. The predicted molar refractivity (Wildman–Crippen MR) is 183 cm³/mol. The first-order chi connectivity index (χ1) is 21.2. The largest absolute Gasteiger partial charge is 0.350 e. The zero-order valence-corrected chi connectivity index (χ0v) is 28.7. The molecule has 0 aliphatic carbocycles. The van der Waals surface area contributed by atoms with Crippen LogP contribution in [0, 0.1) is 13.8 Å². The highest BCUT2D eigenvalue weighted by atomic mass is 79.9. The van der Waals surface area contributed by atoms with Crippen molar-refractivity contribution in [2.45, 2.75) is 64.1 Å². The number of carbonyl (C=O) groups is 2. The van der Waals surface area contributed by atoms with Crippen LogP contribution >= 0.6 is 15.9 Å². The highest BCUT2D eigenvalue weighted by Crippen LogP contribution is 2.28. The lowest BCUT2D eigenvalue weighted by atomic mass is 10.00. The van der Waals surface area contributed by atoms with E-state index in [4.69, 9.17) is 0 Å². The molecule has 2 amide bonds. The molecular weight excluding hydrogens is 650 g/mol. The van der Waals surface area contributed by atoms with Gasteiger partial charge in [-0.2, -0.15) is 0 Å². The van der Waals surface area contributed by atoms with Crippen molar-refractivity contribution in [2.24, 2.45) is 0 Å². The molecule has 4 aromatic carbocycles. The molecule has 4 rings (SSSR count). The summed E-state index contributed by atoms with van der Waals surface area (Å²) in [6.07, 6.45) is 0.252. The normalized spacial score (nSPS) is 12.3. The highest BCUT2D eigenvalue weighted by Gasteiger charge is 2.35. The van der Waals surface area contributed by atoms with Crippen molar-refractivity contribution in [1.82, 2.24) is 10.2 Å². The fourth-order valence-electron chi connectivity index (χ4n) is 4.98. The Morgan fingerprint density at radius 1 is 0.844 bits per heavy atom. The molecule has 7 nitrogen and oxygen atoms in total. The Hall–Kier alpha value is -3.95. The van der Waals surface area contributed by atoms with Gasteiger partial charge >= 0.3 is 0 Å². The van der Waals surface area contributed by atoms with Gasteiger partial charge in [-0.15, -0.1) is 0 Å². The molecule has 45 heavy (non-hydrogen) atoms. The van der Waals surface area contributed by atoms with E-state index in [1.807, 2.05) is 89.2 Å². The summed E-state index contributed by atoms with van der Waals surface area (Å²) in [5, 5.41) is 3.06. The fourth-order valence-corrected chi connectivity index (χ4v) is 6.77. The maximum absolute atomic E-state index is 14.6. The first-order valence-electron chi connectivity index (χ1n) is 14.8. The summed E-state index contributed by atoms with van der Waals surface area (Å²) >= 11 is 3.45. The first kappa shape index (κ1) is 33.9. The molecule has 1 atom stereocenters. The molecule has 0 aliphatic rings. The van der Waals surface area contributed by atoms with Crippen molar-refractivity contribution < 1.29 is 18.0 Å². The number of halogens is 1. The fraction of sp³-hybridized carbons (Fsp3) is 0.278. The van der Waals surface area contributed by atoms with Gasteiger partial charge in [-0.25, -0.2) is 8.42 Å². The number of aryl methyl sites for hydroxylation is 2. The summed E-state index contributed by atoms with van der Waals surface area (Å²) in [6.45, 7) is 9.12. The number of benzene rings is 4. The molecule has 0 radical (unpaired) electrons. The van der Waals surface area contributed by atoms with E-state index in [1.54, 1.807) is 48.5 Å². The van der Waals surface area contributed by atoms with Crippen LogP contribution in [0.3, 0.4) is 0 Å². The van der Waals surface area contributed by atoms with Crippen molar-refractivity contribution in [1.29, 1.82) is 0 Å². The van der Waals surface area contributed by atoms with Gasteiger partial charge in [0.2, 0.25) is 11.8 Å². The van der Waals surface area contributed by atoms with Gasteiger partial charge in [-0.05, 0) is 81.6 Å². The first-order valence-corrected chi connectivity index (χ1v) is 17.0. The Bertz CT molecular complexity index is 1740. The number of sulfonamides is 1. The van der Waals surface area contributed by atoms with Crippen LogP contribution in [0.1, 0.15) is 43.0 Å². The molecule has 1 N–H and O–H groups in total. The molecule has 0 fully saturated rings. The van der Waals surface area contributed by atoms with Crippen LogP contribution in [0.2, 0.25) is 0 Å². The van der Waals surface area contributed by atoms with Crippen molar-refractivity contribution in [3.63, 3.8) is 0 Å². The number of nitrogens with one attached hydrogen (secondary N) is 1. The topological polar surface area (TPSA) is 86.8 Å². The molecule has 236 valence electrons. The van der Waals surface area contributed by atoms with Crippen LogP contribution < -0.4 is 9.62 Å². The summed E-state index contributed by atoms with van der Waals surface area (Å²) in [5.41, 5.74) is 3.39. The van der Waals surface area contributed by atoms with Crippen molar-refractivity contribution in [3.05, 3.63) is 130 Å². The lowest BCUT2D eigenvalue weighted by molar-refractivity contribution is -0.140. The number of amides is 2. The van der Waals surface area contributed by atoms with Gasteiger partial charge in [0, 0.05) is 23.0 Å². The van der Waals surface area contributed by atoms with E-state index in [-0.39, 0.29) is 23.8 Å². The Morgan fingerprint density at radius 3 is 2.11 bits per heavy atom. The van der Waals surface area contributed by atoms with Gasteiger partial charge < -0.3 is 10.2 Å². The Balaban J connectivity index is 1.83. The Morgan fingerprint density at radius 2 is 1.49 bits per heavy atom. The van der Waals surface area contributed by atoms with Gasteiger partial charge in [0.05, 0.1) is 10.6 Å². The van der Waals surface area contributed by atoms with Gasteiger partial charge in [-0.1, -0.05) is 94.3 Å². The number of carbonyl (C=O) groups excluding carboxylic acids is 2. The van der Waals surface area contributed by atoms with Gasteiger partial charge in [-0.3, -0.25) is 13.9 Å². The number of nitrogens with zero attached hydrogens (tertiary/aromatic N) is 2. The van der Waals surface area contributed by atoms with Crippen LogP contribution in [0.25, 0.3) is 0 Å². The lowest BCUT2D eigenvalue weighted by Crippen LogP contribution is -2.56. The Kier molecular flexibility index (Phi) is 10.9. The molecular formula is C36H40BrN3O4S. The zero-order valence-electron chi connectivity index (χ0n) is 26.3. The minimum atomic E-state index is -4.17. The van der Waals surface area contributed by atoms with Crippen LogP contribution in [0.5, 0.6) is 0 Å². The third-order valence-electron chi connectivity index (χ3n) is 7.36. The predicted octanol–water partition coefficient (Wildman–Crippen LogP) is 6.82. The number of hydrogen-bond acceptors (Lipinski definition) is 4. The van der Waals surface area contributed by atoms with Gasteiger partial charge in [0.1, 0.15) is 12.6 Å². The van der Waals surface area contributed by atoms with E-state index in [0.29, 0.717) is 10.2 Å². The Labute approximate surface area is 275 Å². The molecule has 0 heterocycles. The van der Waals surface area contributed by atoms with Crippen molar-refractivity contribution >= 4 is 43.5 Å². The van der Waals surface area contributed by atoms with E-state index in [0.717, 1.165) is 26.6 Å². The number of rotatable bonds is 11.